The molecular formula is C64H42N2O. The molecule has 2 heterocycles. The summed E-state index contributed by atoms with van der Waals surface area (Å²) < 4.78 is 8.62. The normalized spacial score (nSPS) is 11.6. The molecule has 0 bridgehead atoms. The minimum atomic E-state index is 0.903. The molecule has 0 fully saturated rings. The van der Waals surface area contributed by atoms with E-state index < -0.39 is 0 Å². The lowest BCUT2D eigenvalue weighted by molar-refractivity contribution is 0.669. The van der Waals surface area contributed by atoms with Gasteiger partial charge in [-0.05, 0) is 134 Å². The van der Waals surface area contributed by atoms with Crippen LogP contribution in [0.5, 0.6) is 0 Å². The Kier molecular flexibility index (Phi) is 9.17. The molecule has 2 aromatic heterocycles. The first kappa shape index (κ1) is 38.5. The van der Waals surface area contributed by atoms with Gasteiger partial charge in [-0.15, -0.1) is 0 Å². The smallest absolute Gasteiger partial charge is 0.136 e. The lowest BCUT2D eigenvalue weighted by atomic mass is 9.95. The highest BCUT2D eigenvalue weighted by atomic mass is 16.3. The number of furan rings is 1. The van der Waals surface area contributed by atoms with E-state index in [1.165, 1.54) is 54.8 Å². The highest BCUT2D eigenvalue weighted by molar-refractivity contribution is 6.13. The summed E-state index contributed by atoms with van der Waals surface area (Å²) in [6.45, 7) is 0. The van der Waals surface area contributed by atoms with Crippen molar-refractivity contribution in [2.75, 3.05) is 4.90 Å². The first-order chi connectivity index (χ1) is 33.2. The average molecular weight is 855 g/mol. The minimum absolute atomic E-state index is 0.903. The van der Waals surface area contributed by atoms with Gasteiger partial charge in [0.1, 0.15) is 11.2 Å². The standard InChI is InChI=1S/C64H42N2O/c1-2-16-54-46(12-1)13-10-20-55(54)47-32-40-52(41-33-47)65(50-34-26-43(27-35-50)44-28-38-53(39-29-44)66-60-22-6-3-17-57(60)58-18-4-7-23-61(58)66)51-36-30-45(31-37-51)48-14-9-15-49(42-48)56-21-11-25-63-64(56)59-19-5-8-24-62(59)67-63/h1-42H. The van der Waals surface area contributed by atoms with Crippen LogP contribution in [0.1, 0.15) is 0 Å². The number of rotatable bonds is 8. The molecule has 0 radical (unpaired) electrons. The Labute approximate surface area is 388 Å². The summed E-state index contributed by atoms with van der Waals surface area (Å²) in [7, 11) is 0. The third-order valence-electron chi connectivity index (χ3n) is 13.4. The van der Waals surface area contributed by atoms with Gasteiger partial charge in [0.05, 0.1) is 11.0 Å². The number of hydrogen-bond acceptors (Lipinski definition) is 2. The Morgan fingerprint density at radius 2 is 0.761 bits per heavy atom. The molecule has 13 aromatic rings. The van der Waals surface area contributed by atoms with Gasteiger partial charge in [-0.2, -0.15) is 0 Å². The predicted octanol–water partition coefficient (Wildman–Crippen LogP) is 18.0. The average Bonchev–Trinajstić information content (AvgIpc) is 3.96. The minimum Gasteiger partial charge on any atom is -0.456 e. The van der Waals surface area contributed by atoms with Crippen LogP contribution in [0, 0.1) is 0 Å². The molecule has 314 valence electrons. The Balaban J connectivity index is 0.851. The fourth-order valence-electron chi connectivity index (χ4n) is 10.2. The van der Waals surface area contributed by atoms with Gasteiger partial charge in [0.25, 0.3) is 0 Å². The van der Waals surface area contributed by atoms with E-state index in [-0.39, 0.29) is 0 Å². The van der Waals surface area contributed by atoms with E-state index in [2.05, 4.69) is 252 Å². The van der Waals surface area contributed by atoms with Gasteiger partial charge < -0.3 is 13.9 Å². The third-order valence-corrected chi connectivity index (χ3v) is 13.4. The van der Waals surface area contributed by atoms with Gasteiger partial charge in [0.2, 0.25) is 0 Å². The second-order valence-corrected chi connectivity index (χ2v) is 17.3. The molecule has 0 aliphatic rings. The van der Waals surface area contributed by atoms with Gasteiger partial charge in [-0.25, -0.2) is 0 Å². The van der Waals surface area contributed by atoms with Crippen LogP contribution in [0.25, 0.3) is 105 Å². The van der Waals surface area contributed by atoms with Gasteiger partial charge >= 0.3 is 0 Å². The Bertz CT molecular complexity index is 3890. The number of nitrogens with zero attached hydrogens (tertiary/aromatic N) is 2. The molecule has 0 atom stereocenters. The van der Waals surface area contributed by atoms with Crippen molar-refractivity contribution in [1.29, 1.82) is 0 Å². The van der Waals surface area contributed by atoms with Crippen LogP contribution in [-0.4, -0.2) is 4.57 Å². The van der Waals surface area contributed by atoms with Gasteiger partial charge in [-0.3, -0.25) is 0 Å². The molecular weight excluding hydrogens is 813 g/mol. The van der Waals surface area contributed by atoms with Crippen molar-refractivity contribution in [3.05, 3.63) is 255 Å². The van der Waals surface area contributed by atoms with Crippen LogP contribution >= 0.6 is 0 Å². The maximum absolute atomic E-state index is 6.25. The largest absolute Gasteiger partial charge is 0.456 e. The predicted molar refractivity (Wildman–Crippen MR) is 282 cm³/mol. The maximum atomic E-state index is 6.25. The van der Waals surface area contributed by atoms with E-state index in [1.807, 2.05) is 12.1 Å². The number of benzene rings is 11. The lowest BCUT2D eigenvalue weighted by Crippen LogP contribution is -2.09. The second-order valence-electron chi connectivity index (χ2n) is 17.3. The van der Waals surface area contributed by atoms with E-state index in [0.717, 1.165) is 66.9 Å². The maximum Gasteiger partial charge on any atom is 0.136 e. The van der Waals surface area contributed by atoms with Crippen molar-refractivity contribution >= 4 is 71.6 Å². The van der Waals surface area contributed by atoms with Crippen LogP contribution in [0.4, 0.5) is 17.1 Å². The molecule has 0 saturated carbocycles. The van der Waals surface area contributed by atoms with Crippen LogP contribution in [0.3, 0.4) is 0 Å². The topological polar surface area (TPSA) is 21.3 Å². The molecule has 67 heavy (non-hydrogen) atoms. The summed E-state index contributed by atoms with van der Waals surface area (Å²) in [5.74, 6) is 0. The van der Waals surface area contributed by atoms with Crippen LogP contribution in [0.2, 0.25) is 0 Å². The number of fused-ring (bicyclic) bond motifs is 7. The fourth-order valence-corrected chi connectivity index (χ4v) is 10.2. The Morgan fingerprint density at radius 3 is 1.43 bits per heavy atom. The molecule has 11 aromatic carbocycles. The molecule has 3 nitrogen and oxygen atoms in total. The van der Waals surface area contributed by atoms with Crippen molar-refractivity contribution in [2.24, 2.45) is 0 Å². The van der Waals surface area contributed by atoms with E-state index in [9.17, 15) is 0 Å². The van der Waals surface area contributed by atoms with Crippen molar-refractivity contribution in [3.63, 3.8) is 0 Å². The summed E-state index contributed by atoms with van der Waals surface area (Å²) in [5.41, 5.74) is 18.0. The summed E-state index contributed by atoms with van der Waals surface area (Å²) in [5, 5.41) is 7.31. The number of aromatic nitrogens is 1. The summed E-state index contributed by atoms with van der Waals surface area (Å²) >= 11 is 0. The highest BCUT2D eigenvalue weighted by Gasteiger charge is 2.17. The monoisotopic (exact) mass is 854 g/mol. The van der Waals surface area contributed by atoms with E-state index in [4.69, 9.17) is 4.42 Å². The van der Waals surface area contributed by atoms with Crippen LogP contribution in [0.15, 0.2) is 259 Å². The van der Waals surface area contributed by atoms with Gasteiger partial charge in [-0.1, -0.05) is 176 Å². The molecule has 0 spiro atoms. The van der Waals surface area contributed by atoms with Crippen molar-refractivity contribution in [3.8, 4) is 50.2 Å². The van der Waals surface area contributed by atoms with Gasteiger partial charge in [0, 0.05) is 44.3 Å². The summed E-state index contributed by atoms with van der Waals surface area (Å²) in [4.78, 5) is 2.35. The summed E-state index contributed by atoms with van der Waals surface area (Å²) in [6, 6.07) is 91.9. The SMILES string of the molecule is c1cc(-c2ccc(N(c3ccc(-c4ccc(-n5c6ccccc6c6ccccc65)cc4)cc3)c3ccc(-c4cccc5ccccc45)cc3)cc2)cc(-c2cccc3oc4ccccc4c23)c1. The quantitative estimate of drug-likeness (QED) is 0.152. The molecule has 0 unspecified atom stereocenters. The fraction of sp³-hybridized carbons (Fsp3) is 0. The zero-order valence-corrected chi connectivity index (χ0v) is 36.6. The molecule has 0 aliphatic carbocycles. The van der Waals surface area contributed by atoms with Crippen LogP contribution in [-0.2, 0) is 0 Å². The molecule has 13 rings (SSSR count). The lowest BCUT2D eigenvalue weighted by Gasteiger charge is -2.26. The number of hydrogen-bond donors (Lipinski definition) is 0. The zero-order chi connectivity index (χ0) is 44.3. The molecule has 0 amide bonds. The Hall–Kier alpha value is -8.92. The third kappa shape index (κ3) is 6.67. The van der Waals surface area contributed by atoms with E-state index in [0.29, 0.717) is 0 Å². The Morgan fingerprint density at radius 1 is 0.299 bits per heavy atom. The first-order valence-electron chi connectivity index (χ1n) is 22.9. The molecule has 0 N–H and O–H groups in total. The summed E-state index contributed by atoms with van der Waals surface area (Å²) in [6.07, 6.45) is 0. The molecule has 0 aliphatic heterocycles. The van der Waals surface area contributed by atoms with Gasteiger partial charge in [0.15, 0.2) is 0 Å². The highest BCUT2D eigenvalue weighted by Crippen LogP contribution is 2.41. The number of anilines is 3. The second kappa shape index (κ2) is 16.0. The van der Waals surface area contributed by atoms with Crippen molar-refractivity contribution in [2.45, 2.75) is 0 Å². The molecule has 3 heteroatoms. The van der Waals surface area contributed by atoms with E-state index in [1.54, 1.807) is 0 Å². The van der Waals surface area contributed by atoms with Crippen molar-refractivity contribution in [1.82, 2.24) is 4.57 Å². The van der Waals surface area contributed by atoms with Crippen molar-refractivity contribution < 1.29 is 4.42 Å². The molecule has 0 saturated heterocycles. The van der Waals surface area contributed by atoms with Crippen LogP contribution < -0.4 is 4.90 Å². The van der Waals surface area contributed by atoms with E-state index >= 15 is 0 Å². The zero-order valence-electron chi connectivity index (χ0n) is 36.6. The first-order valence-corrected chi connectivity index (χ1v) is 22.9. The number of para-hydroxylation sites is 3.